The van der Waals surface area contributed by atoms with Crippen molar-refractivity contribution in [3.05, 3.63) is 115 Å². The smallest absolute Gasteiger partial charge is 0.333 e. The van der Waals surface area contributed by atoms with E-state index in [2.05, 4.69) is 124 Å². The van der Waals surface area contributed by atoms with Crippen LogP contribution in [-0.4, -0.2) is 15.9 Å². The maximum atomic E-state index is 2.67. The van der Waals surface area contributed by atoms with Crippen LogP contribution >= 0.6 is 11.3 Å². The predicted molar refractivity (Wildman–Crippen MR) is 173 cm³/mol. The molecule has 0 saturated heterocycles. The predicted octanol–water partition coefficient (Wildman–Crippen LogP) is 8.21. The molecule has 0 radical (unpaired) electrons. The first-order valence-electron chi connectivity index (χ1n) is 13.9. The maximum absolute atomic E-state index is 2.67. The molecule has 4 heteroatoms. The molecule has 0 fully saturated rings. The highest BCUT2D eigenvalue weighted by molar-refractivity contribution is 7.26. The van der Waals surface area contributed by atoms with E-state index < -0.39 is 0 Å². The van der Waals surface area contributed by atoms with Crippen molar-refractivity contribution >= 4 is 92.9 Å². The number of fused-ring (bicyclic) bond motifs is 15. The number of hydrogen-bond donors (Lipinski definition) is 0. The highest BCUT2D eigenvalue weighted by atomic mass is 32.1. The molecule has 0 unspecified atom stereocenters. The molecule has 5 heterocycles. The van der Waals surface area contributed by atoms with E-state index in [-0.39, 0.29) is 6.85 Å². The van der Waals surface area contributed by atoms with Gasteiger partial charge in [0.1, 0.15) is 0 Å². The molecule has 0 aliphatic carbocycles. The molecule has 0 amide bonds. The Balaban J connectivity index is 1.41. The lowest BCUT2D eigenvalue weighted by Crippen LogP contribution is -2.55. The van der Waals surface area contributed by atoms with Crippen LogP contribution in [0.4, 0.5) is 0 Å². The minimum atomic E-state index is 0.119. The second-order valence-electron chi connectivity index (χ2n) is 11.2. The summed E-state index contributed by atoms with van der Waals surface area (Å²) >= 11 is 1.93. The summed E-state index contributed by atoms with van der Waals surface area (Å²) < 4.78 is 7.95. The lowest BCUT2D eigenvalue weighted by molar-refractivity contribution is 1.18. The zero-order valence-corrected chi connectivity index (χ0v) is 22.2. The van der Waals surface area contributed by atoms with Gasteiger partial charge in [0.05, 0.1) is 11.0 Å². The van der Waals surface area contributed by atoms with Crippen molar-refractivity contribution in [3.8, 4) is 16.8 Å². The summed E-state index contributed by atoms with van der Waals surface area (Å²) in [6, 6.07) is 43.2. The zero-order valence-electron chi connectivity index (χ0n) is 21.3. The summed E-state index contributed by atoms with van der Waals surface area (Å²) in [5.41, 5.74) is 12.1. The Hall–Kier alpha value is -4.80. The van der Waals surface area contributed by atoms with Crippen molar-refractivity contribution in [3.63, 3.8) is 0 Å². The number of benzene rings is 6. The molecule has 2 aliphatic rings. The van der Waals surface area contributed by atoms with Crippen LogP contribution in [0.2, 0.25) is 0 Å². The third-order valence-corrected chi connectivity index (χ3v) is 10.7. The minimum Gasteiger partial charge on any atom is -0.375 e. The van der Waals surface area contributed by atoms with Crippen molar-refractivity contribution in [2.24, 2.45) is 0 Å². The molecule has 0 N–H and O–H groups in total. The largest absolute Gasteiger partial charge is 0.375 e. The molecule has 2 aliphatic heterocycles. The number of thiophene rings is 1. The molecule has 6 aromatic carbocycles. The van der Waals surface area contributed by atoms with Crippen LogP contribution in [0.25, 0.3) is 80.6 Å². The van der Waals surface area contributed by atoms with Crippen LogP contribution in [0.15, 0.2) is 115 Å². The van der Waals surface area contributed by atoms with Gasteiger partial charge in [-0.2, -0.15) is 0 Å². The number of aromatic nitrogens is 2. The first-order valence-corrected chi connectivity index (χ1v) is 14.7. The fourth-order valence-corrected chi connectivity index (χ4v) is 9.30. The van der Waals surface area contributed by atoms with Gasteiger partial charge >= 0.3 is 6.85 Å². The fourth-order valence-electron chi connectivity index (χ4n) is 8.04. The third-order valence-electron chi connectivity index (χ3n) is 9.50. The normalized spacial score (nSPS) is 13.4. The monoisotopic (exact) mass is 522 g/mol. The van der Waals surface area contributed by atoms with E-state index in [1.807, 2.05) is 11.3 Å². The number of rotatable bonds is 0. The Bertz CT molecular complexity index is 2610. The average Bonchev–Trinajstić information content (AvgIpc) is 3.67. The van der Waals surface area contributed by atoms with Crippen LogP contribution in [0.3, 0.4) is 0 Å². The standard InChI is InChI=1S/C36H19BN2S/c1-4-13-28-20(8-1)24-17-16-22-23-10-7-11-26-32-30(19-18-25-21-9-2-6-15-31(21)40-36(25)32)39(34(23)26)37-27-12-3-5-14-29(27)38(28)35(24)33(22)37/h1-19H. The number of para-hydroxylation sites is 3. The van der Waals surface area contributed by atoms with Crippen LogP contribution in [0.5, 0.6) is 0 Å². The van der Waals surface area contributed by atoms with Gasteiger partial charge in [0.2, 0.25) is 0 Å². The van der Waals surface area contributed by atoms with Gasteiger partial charge in [0, 0.05) is 64.0 Å². The first kappa shape index (κ1) is 20.2. The summed E-state index contributed by atoms with van der Waals surface area (Å²) in [7, 11) is 0. The molecule has 182 valence electrons. The van der Waals surface area contributed by atoms with Crippen molar-refractivity contribution in [1.29, 1.82) is 0 Å². The topological polar surface area (TPSA) is 9.86 Å². The molecule has 3 aromatic heterocycles. The lowest BCUT2D eigenvalue weighted by atomic mass is 9.45. The minimum absolute atomic E-state index is 0.119. The molecular formula is C36H19BN2S. The van der Waals surface area contributed by atoms with Crippen LogP contribution < -0.4 is 10.9 Å². The Morgan fingerprint density at radius 3 is 2.30 bits per heavy atom. The van der Waals surface area contributed by atoms with E-state index in [4.69, 9.17) is 0 Å². The maximum Gasteiger partial charge on any atom is 0.333 e. The van der Waals surface area contributed by atoms with Crippen LogP contribution in [0, 0.1) is 0 Å². The molecule has 9 aromatic rings. The second-order valence-corrected chi connectivity index (χ2v) is 12.3. The van der Waals surface area contributed by atoms with Crippen LogP contribution in [-0.2, 0) is 0 Å². The first-order chi connectivity index (χ1) is 19.9. The molecule has 0 spiro atoms. The molecule has 40 heavy (non-hydrogen) atoms. The van der Waals surface area contributed by atoms with Gasteiger partial charge in [-0.25, -0.2) is 0 Å². The SMILES string of the molecule is c1ccc2c(c1)B1c3c(ccc4c5ccccc5n-2c34)-c2cccc3c4c5sc6ccccc6c5ccc4n1c23. The summed E-state index contributed by atoms with van der Waals surface area (Å²) in [5, 5.41) is 8.13. The van der Waals surface area contributed by atoms with Gasteiger partial charge in [-0.15, -0.1) is 11.3 Å². The average molecular weight is 522 g/mol. The van der Waals surface area contributed by atoms with E-state index in [0.717, 1.165) is 0 Å². The summed E-state index contributed by atoms with van der Waals surface area (Å²) in [5.74, 6) is 0. The van der Waals surface area contributed by atoms with E-state index >= 15 is 0 Å². The summed E-state index contributed by atoms with van der Waals surface area (Å²) in [6.07, 6.45) is 0. The molecular weight excluding hydrogens is 503 g/mol. The quantitative estimate of drug-likeness (QED) is 0.178. The van der Waals surface area contributed by atoms with E-state index in [9.17, 15) is 0 Å². The van der Waals surface area contributed by atoms with E-state index in [0.29, 0.717) is 0 Å². The van der Waals surface area contributed by atoms with Gasteiger partial charge in [-0.1, -0.05) is 91.0 Å². The molecule has 0 bridgehead atoms. The lowest BCUT2D eigenvalue weighted by Gasteiger charge is -2.33. The van der Waals surface area contributed by atoms with Gasteiger partial charge < -0.3 is 9.05 Å². The van der Waals surface area contributed by atoms with Crippen molar-refractivity contribution in [1.82, 2.24) is 9.05 Å². The van der Waals surface area contributed by atoms with E-state index in [1.165, 1.54) is 91.5 Å². The van der Waals surface area contributed by atoms with Crippen molar-refractivity contribution < 1.29 is 0 Å². The Kier molecular flexibility index (Phi) is 3.36. The summed E-state index contributed by atoms with van der Waals surface area (Å²) in [4.78, 5) is 0. The van der Waals surface area contributed by atoms with Gasteiger partial charge in [-0.05, 0) is 40.8 Å². The highest BCUT2D eigenvalue weighted by Crippen LogP contribution is 2.47. The Labute approximate surface area is 233 Å². The Morgan fingerprint density at radius 1 is 0.525 bits per heavy atom. The summed E-state index contributed by atoms with van der Waals surface area (Å²) in [6.45, 7) is 0.119. The molecule has 0 saturated carbocycles. The number of hydrogen-bond acceptors (Lipinski definition) is 1. The number of nitrogens with zero attached hydrogens (tertiary/aromatic N) is 2. The molecule has 2 nitrogen and oxygen atoms in total. The zero-order chi connectivity index (χ0) is 25.7. The van der Waals surface area contributed by atoms with Gasteiger partial charge in [0.15, 0.2) is 0 Å². The Morgan fingerprint density at radius 2 is 1.32 bits per heavy atom. The van der Waals surface area contributed by atoms with Crippen molar-refractivity contribution in [2.75, 3.05) is 0 Å². The second kappa shape index (κ2) is 6.67. The third kappa shape index (κ3) is 2.10. The van der Waals surface area contributed by atoms with Crippen LogP contribution in [0.1, 0.15) is 0 Å². The highest BCUT2D eigenvalue weighted by Gasteiger charge is 2.41. The molecule has 0 atom stereocenters. The van der Waals surface area contributed by atoms with Crippen molar-refractivity contribution in [2.45, 2.75) is 0 Å². The van der Waals surface area contributed by atoms with Gasteiger partial charge in [0.25, 0.3) is 0 Å². The molecule has 11 rings (SSSR count). The fraction of sp³-hybridized carbons (Fsp3) is 0. The van der Waals surface area contributed by atoms with E-state index in [1.54, 1.807) is 0 Å². The van der Waals surface area contributed by atoms with Gasteiger partial charge in [-0.3, -0.25) is 0 Å².